The van der Waals surface area contributed by atoms with Gasteiger partial charge < -0.3 is 5.32 Å². The fourth-order valence-electron chi connectivity index (χ4n) is 1.38. The molecule has 0 amide bonds. The van der Waals surface area contributed by atoms with Gasteiger partial charge in [-0.05, 0) is 26.3 Å². The van der Waals surface area contributed by atoms with Gasteiger partial charge in [-0.1, -0.05) is 27.2 Å². The summed E-state index contributed by atoms with van der Waals surface area (Å²) in [6, 6.07) is 0.604. The zero-order valence-electron chi connectivity index (χ0n) is 10.0. The lowest BCUT2D eigenvalue weighted by Crippen LogP contribution is -2.25. The molecule has 0 aromatic heterocycles. The van der Waals surface area contributed by atoms with Crippen LogP contribution in [0.5, 0.6) is 0 Å². The lowest BCUT2D eigenvalue weighted by molar-refractivity contribution is 0.509. The topological polar surface area (TPSA) is 29.1 Å². The molecule has 3 heteroatoms. The van der Waals surface area contributed by atoms with Crippen molar-refractivity contribution < 1.29 is 4.21 Å². The van der Waals surface area contributed by atoms with Gasteiger partial charge in [0.1, 0.15) is 0 Å². The van der Waals surface area contributed by atoms with Crippen LogP contribution in [0.25, 0.3) is 0 Å². The second-order valence-corrected chi connectivity index (χ2v) is 6.20. The first-order valence-corrected chi connectivity index (χ1v) is 7.06. The minimum atomic E-state index is -0.611. The molecule has 2 atom stereocenters. The smallest absolute Gasteiger partial charge is 0.0291 e. The molecule has 86 valence electrons. The third-order valence-corrected chi connectivity index (χ3v) is 4.05. The average molecular weight is 219 g/mol. The molecule has 0 spiro atoms. The van der Waals surface area contributed by atoms with E-state index in [-0.39, 0.29) is 0 Å². The van der Waals surface area contributed by atoms with Crippen molar-refractivity contribution in [1.82, 2.24) is 5.32 Å². The van der Waals surface area contributed by atoms with Crippen LogP contribution >= 0.6 is 0 Å². The van der Waals surface area contributed by atoms with E-state index in [2.05, 4.69) is 19.2 Å². The number of unbranched alkanes of at least 4 members (excludes halogenated alkanes) is 1. The Morgan fingerprint density at radius 3 is 2.36 bits per heavy atom. The summed E-state index contributed by atoms with van der Waals surface area (Å²) in [6.45, 7) is 9.43. The molecule has 14 heavy (non-hydrogen) atoms. The molecule has 0 heterocycles. The Labute approximate surface area is 91.3 Å². The third kappa shape index (κ3) is 7.51. The second-order valence-electron chi connectivity index (χ2n) is 4.09. The fraction of sp³-hybridized carbons (Fsp3) is 1.00. The van der Waals surface area contributed by atoms with E-state index in [0.29, 0.717) is 11.3 Å². The maximum atomic E-state index is 11.4. The van der Waals surface area contributed by atoms with Crippen molar-refractivity contribution in [3.63, 3.8) is 0 Å². The number of rotatable bonds is 8. The molecule has 0 bridgehead atoms. The molecule has 0 fully saturated rings. The van der Waals surface area contributed by atoms with Crippen LogP contribution in [0.2, 0.25) is 0 Å². The first-order chi connectivity index (χ1) is 6.57. The summed E-state index contributed by atoms with van der Waals surface area (Å²) in [4.78, 5) is 0. The highest BCUT2D eigenvalue weighted by Crippen LogP contribution is 2.04. The lowest BCUT2D eigenvalue weighted by atomic mass is 10.1. The van der Waals surface area contributed by atoms with Crippen molar-refractivity contribution in [2.75, 3.05) is 12.3 Å². The van der Waals surface area contributed by atoms with Gasteiger partial charge in [-0.25, -0.2) is 0 Å². The summed E-state index contributed by atoms with van der Waals surface area (Å²) in [5.74, 6) is 0.872. The van der Waals surface area contributed by atoms with Gasteiger partial charge in [0.2, 0.25) is 0 Å². The SMILES string of the molecule is CCNC(C)CCCCS(=O)C(C)C. The van der Waals surface area contributed by atoms with Gasteiger partial charge >= 0.3 is 0 Å². The Kier molecular flexibility index (Phi) is 8.49. The van der Waals surface area contributed by atoms with Crippen LogP contribution in [0.3, 0.4) is 0 Å². The summed E-state index contributed by atoms with van der Waals surface area (Å²) in [5.41, 5.74) is 0. The summed E-state index contributed by atoms with van der Waals surface area (Å²) in [7, 11) is -0.611. The number of nitrogens with one attached hydrogen (secondary N) is 1. The van der Waals surface area contributed by atoms with Crippen LogP contribution < -0.4 is 5.32 Å². The highest BCUT2D eigenvalue weighted by atomic mass is 32.2. The molecule has 1 N–H and O–H groups in total. The standard InChI is InChI=1S/C11H25NOS/c1-5-12-11(4)8-6-7-9-14(13)10(2)3/h10-12H,5-9H2,1-4H3. The highest BCUT2D eigenvalue weighted by Gasteiger charge is 2.05. The van der Waals surface area contributed by atoms with Crippen LogP contribution in [-0.4, -0.2) is 27.8 Å². The van der Waals surface area contributed by atoms with Crippen LogP contribution in [0.4, 0.5) is 0 Å². The minimum Gasteiger partial charge on any atom is -0.315 e. The van der Waals surface area contributed by atoms with Gasteiger partial charge in [0.25, 0.3) is 0 Å². The lowest BCUT2D eigenvalue weighted by Gasteiger charge is -2.11. The van der Waals surface area contributed by atoms with Crippen molar-refractivity contribution in [2.24, 2.45) is 0 Å². The quantitative estimate of drug-likeness (QED) is 0.635. The van der Waals surface area contributed by atoms with Crippen molar-refractivity contribution in [1.29, 1.82) is 0 Å². The van der Waals surface area contributed by atoms with Gasteiger partial charge in [-0.3, -0.25) is 4.21 Å². The molecule has 0 saturated heterocycles. The summed E-state index contributed by atoms with van der Waals surface area (Å²) < 4.78 is 11.4. The predicted molar refractivity (Wildman–Crippen MR) is 65.1 cm³/mol. The van der Waals surface area contributed by atoms with E-state index in [1.54, 1.807) is 0 Å². The third-order valence-electron chi connectivity index (χ3n) is 2.31. The second kappa shape index (κ2) is 8.42. The van der Waals surface area contributed by atoms with E-state index in [1.165, 1.54) is 12.8 Å². The molecule has 0 aromatic rings. The maximum Gasteiger partial charge on any atom is 0.0291 e. The molecule has 2 unspecified atom stereocenters. The highest BCUT2D eigenvalue weighted by molar-refractivity contribution is 7.85. The van der Waals surface area contributed by atoms with Crippen molar-refractivity contribution in [2.45, 2.75) is 58.2 Å². The molecule has 0 radical (unpaired) electrons. The first kappa shape index (κ1) is 14.1. The molecule has 0 saturated carbocycles. The summed E-state index contributed by atoms with van der Waals surface area (Å²) in [5, 5.41) is 3.70. The normalized spacial score (nSPS) is 15.8. The fourth-order valence-corrected chi connectivity index (χ4v) is 2.34. The average Bonchev–Trinajstić information content (AvgIpc) is 2.12. The Morgan fingerprint density at radius 2 is 1.86 bits per heavy atom. The molecule has 0 aliphatic rings. The maximum absolute atomic E-state index is 11.4. The zero-order valence-corrected chi connectivity index (χ0v) is 10.8. The van der Waals surface area contributed by atoms with Crippen LogP contribution in [0, 0.1) is 0 Å². The van der Waals surface area contributed by atoms with Gasteiger partial charge in [0.05, 0.1) is 0 Å². The van der Waals surface area contributed by atoms with Crippen LogP contribution in [-0.2, 0) is 10.8 Å². The first-order valence-electron chi connectivity index (χ1n) is 5.68. The van der Waals surface area contributed by atoms with E-state index < -0.39 is 10.8 Å². The predicted octanol–water partition coefficient (Wildman–Crippen LogP) is 2.31. The van der Waals surface area contributed by atoms with E-state index in [9.17, 15) is 4.21 Å². The molecule has 0 aliphatic carbocycles. The van der Waals surface area contributed by atoms with Gasteiger partial charge in [-0.15, -0.1) is 0 Å². The van der Waals surface area contributed by atoms with E-state index in [1.807, 2.05) is 13.8 Å². The van der Waals surface area contributed by atoms with Gasteiger partial charge in [0, 0.05) is 27.8 Å². The molecule has 0 aliphatic heterocycles. The molecular formula is C11H25NOS. The van der Waals surface area contributed by atoms with Crippen LogP contribution in [0.1, 0.15) is 47.0 Å². The summed E-state index contributed by atoms with van der Waals surface area (Å²) >= 11 is 0. The van der Waals surface area contributed by atoms with Crippen molar-refractivity contribution in [3.8, 4) is 0 Å². The largest absolute Gasteiger partial charge is 0.315 e. The Hall–Kier alpha value is 0.110. The monoisotopic (exact) mass is 219 g/mol. The number of hydrogen-bond donors (Lipinski definition) is 1. The Bertz CT molecular complexity index is 159. The molecule has 0 rings (SSSR count). The summed E-state index contributed by atoms with van der Waals surface area (Å²) in [6.07, 6.45) is 3.48. The molecular weight excluding hydrogens is 194 g/mol. The van der Waals surface area contributed by atoms with Crippen LogP contribution in [0.15, 0.2) is 0 Å². The van der Waals surface area contributed by atoms with E-state index in [4.69, 9.17) is 0 Å². The van der Waals surface area contributed by atoms with E-state index >= 15 is 0 Å². The van der Waals surface area contributed by atoms with Gasteiger partial charge in [-0.2, -0.15) is 0 Å². The Morgan fingerprint density at radius 1 is 1.21 bits per heavy atom. The van der Waals surface area contributed by atoms with Crippen molar-refractivity contribution >= 4 is 10.8 Å². The molecule has 0 aromatic carbocycles. The zero-order chi connectivity index (χ0) is 11.0. The van der Waals surface area contributed by atoms with Crippen molar-refractivity contribution in [3.05, 3.63) is 0 Å². The Balaban J connectivity index is 3.33. The minimum absolute atomic E-state index is 0.321. The van der Waals surface area contributed by atoms with E-state index in [0.717, 1.165) is 18.7 Å². The van der Waals surface area contributed by atoms with Gasteiger partial charge in [0.15, 0.2) is 0 Å². The number of hydrogen-bond acceptors (Lipinski definition) is 2. The molecule has 2 nitrogen and oxygen atoms in total.